The van der Waals surface area contributed by atoms with Crippen LogP contribution in [0.1, 0.15) is 74.3 Å². The van der Waals surface area contributed by atoms with Crippen LogP contribution < -0.4 is 10.6 Å². The predicted octanol–water partition coefficient (Wildman–Crippen LogP) is 1.41. The highest BCUT2D eigenvalue weighted by Gasteiger charge is 2.26. The molecule has 2 aliphatic rings. The quantitative estimate of drug-likeness (QED) is 0.731. The van der Waals surface area contributed by atoms with E-state index in [1.807, 2.05) is 4.68 Å². The smallest absolute Gasteiger partial charge is 0.273 e. The van der Waals surface area contributed by atoms with E-state index in [4.69, 9.17) is 5.11 Å². The summed E-state index contributed by atoms with van der Waals surface area (Å²) < 4.78 is 1.84. The summed E-state index contributed by atoms with van der Waals surface area (Å²) >= 11 is 0. The Kier molecular flexibility index (Phi) is 6.20. The molecule has 3 N–H and O–H groups in total. The number of nitrogens with zero attached hydrogens (tertiary/aromatic N) is 3. The summed E-state index contributed by atoms with van der Waals surface area (Å²) in [5, 5.41) is 23.3. The number of nitrogens with one attached hydrogen (secondary N) is 2. The highest BCUT2D eigenvalue weighted by Crippen LogP contribution is 2.29. The van der Waals surface area contributed by atoms with E-state index >= 15 is 0 Å². The lowest BCUT2D eigenvalue weighted by Crippen LogP contribution is -2.41. The van der Waals surface area contributed by atoms with Crippen molar-refractivity contribution in [3.63, 3.8) is 0 Å². The SMILES string of the molecule is O=C(NCCO)c1cn(C2CCC(NC3CCCCC3)CC2)nn1. The van der Waals surface area contributed by atoms with Gasteiger partial charge < -0.3 is 15.7 Å². The molecule has 134 valence electrons. The Labute approximate surface area is 143 Å². The van der Waals surface area contributed by atoms with Gasteiger partial charge in [-0.15, -0.1) is 5.10 Å². The van der Waals surface area contributed by atoms with Crippen molar-refractivity contribution in [2.75, 3.05) is 13.2 Å². The number of amides is 1. The Bertz CT molecular complexity index is 519. The van der Waals surface area contributed by atoms with Gasteiger partial charge in [0.1, 0.15) is 0 Å². The zero-order valence-corrected chi connectivity index (χ0v) is 14.3. The summed E-state index contributed by atoms with van der Waals surface area (Å²) in [5.74, 6) is -0.275. The number of carbonyl (C=O) groups is 1. The molecule has 3 rings (SSSR count). The highest BCUT2D eigenvalue weighted by atomic mass is 16.3. The molecule has 0 radical (unpaired) electrons. The van der Waals surface area contributed by atoms with Crippen LogP contribution in [0.4, 0.5) is 0 Å². The monoisotopic (exact) mass is 335 g/mol. The van der Waals surface area contributed by atoms with E-state index < -0.39 is 0 Å². The Morgan fingerprint density at radius 1 is 1.12 bits per heavy atom. The van der Waals surface area contributed by atoms with Gasteiger partial charge in [-0.1, -0.05) is 24.5 Å². The topological polar surface area (TPSA) is 92.1 Å². The Hall–Kier alpha value is -1.47. The zero-order chi connectivity index (χ0) is 16.8. The fraction of sp³-hybridized carbons (Fsp3) is 0.824. The van der Waals surface area contributed by atoms with Crippen molar-refractivity contribution in [1.82, 2.24) is 25.6 Å². The summed E-state index contributed by atoms with van der Waals surface area (Å²) in [5.41, 5.74) is 0.325. The standard InChI is InChI=1S/C17H29N5O2/c23-11-10-18-17(24)16-12-22(21-20-16)15-8-6-14(7-9-15)19-13-4-2-1-3-5-13/h12-15,19,23H,1-11H2,(H,18,24). The van der Waals surface area contributed by atoms with Gasteiger partial charge in [-0.2, -0.15) is 0 Å². The third kappa shape index (κ3) is 4.54. The molecule has 0 spiro atoms. The molecular formula is C17H29N5O2. The molecule has 7 heteroatoms. The minimum Gasteiger partial charge on any atom is -0.395 e. The van der Waals surface area contributed by atoms with Crippen LogP contribution in [0, 0.1) is 0 Å². The molecule has 0 unspecified atom stereocenters. The fourth-order valence-electron chi connectivity index (χ4n) is 3.93. The second-order valence-corrected chi connectivity index (χ2v) is 7.07. The maximum Gasteiger partial charge on any atom is 0.273 e. The third-order valence-electron chi connectivity index (χ3n) is 5.29. The van der Waals surface area contributed by atoms with E-state index in [1.54, 1.807) is 6.20 Å². The lowest BCUT2D eigenvalue weighted by Gasteiger charge is -2.33. The van der Waals surface area contributed by atoms with Crippen molar-refractivity contribution in [2.45, 2.75) is 75.9 Å². The second-order valence-electron chi connectivity index (χ2n) is 7.07. The second kappa shape index (κ2) is 8.58. The summed E-state index contributed by atoms with van der Waals surface area (Å²) in [6.45, 7) is 0.168. The number of rotatable bonds is 6. The van der Waals surface area contributed by atoms with Crippen molar-refractivity contribution in [3.8, 4) is 0 Å². The largest absolute Gasteiger partial charge is 0.395 e. The minimum absolute atomic E-state index is 0.0715. The predicted molar refractivity (Wildman–Crippen MR) is 90.7 cm³/mol. The minimum atomic E-state index is -0.275. The average molecular weight is 335 g/mol. The molecule has 0 bridgehead atoms. The van der Waals surface area contributed by atoms with Crippen molar-refractivity contribution >= 4 is 5.91 Å². The van der Waals surface area contributed by atoms with E-state index in [2.05, 4.69) is 20.9 Å². The van der Waals surface area contributed by atoms with Gasteiger partial charge >= 0.3 is 0 Å². The van der Waals surface area contributed by atoms with Gasteiger partial charge in [0.2, 0.25) is 0 Å². The van der Waals surface area contributed by atoms with Crippen molar-refractivity contribution in [3.05, 3.63) is 11.9 Å². The molecule has 2 aliphatic carbocycles. The first kappa shape index (κ1) is 17.4. The molecule has 1 amide bonds. The van der Waals surface area contributed by atoms with E-state index in [1.165, 1.54) is 32.1 Å². The summed E-state index contributed by atoms with van der Waals surface area (Å²) in [4.78, 5) is 11.8. The van der Waals surface area contributed by atoms with Gasteiger partial charge in [0.25, 0.3) is 5.91 Å². The molecule has 2 fully saturated rings. The van der Waals surface area contributed by atoms with Gasteiger partial charge in [0, 0.05) is 18.6 Å². The van der Waals surface area contributed by atoms with Crippen LogP contribution in [0.15, 0.2) is 6.20 Å². The van der Waals surface area contributed by atoms with E-state index in [0.717, 1.165) is 25.7 Å². The van der Waals surface area contributed by atoms with Crippen LogP contribution in [0.5, 0.6) is 0 Å². The first-order chi connectivity index (χ1) is 11.8. The molecule has 0 aliphatic heterocycles. The third-order valence-corrected chi connectivity index (χ3v) is 5.29. The van der Waals surface area contributed by atoms with Crippen molar-refractivity contribution in [1.29, 1.82) is 0 Å². The van der Waals surface area contributed by atoms with E-state index in [0.29, 0.717) is 23.8 Å². The van der Waals surface area contributed by atoms with E-state index in [-0.39, 0.29) is 19.1 Å². The normalized spacial score (nSPS) is 25.5. The van der Waals surface area contributed by atoms with Gasteiger partial charge in [0.15, 0.2) is 5.69 Å². The average Bonchev–Trinajstić information content (AvgIpc) is 3.11. The van der Waals surface area contributed by atoms with Crippen LogP contribution >= 0.6 is 0 Å². The first-order valence-electron chi connectivity index (χ1n) is 9.33. The van der Waals surface area contributed by atoms with Crippen molar-refractivity contribution in [2.24, 2.45) is 0 Å². The first-order valence-corrected chi connectivity index (χ1v) is 9.33. The van der Waals surface area contributed by atoms with Gasteiger partial charge in [-0.05, 0) is 38.5 Å². The fourth-order valence-corrected chi connectivity index (χ4v) is 3.93. The van der Waals surface area contributed by atoms with Gasteiger partial charge in [0.05, 0.1) is 18.8 Å². The van der Waals surface area contributed by atoms with Crippen LogP contribution in [-0.4, -0.2) is 51.2 Å². The molecule has 0 saturated heterocycles. The lowest BCUT2D eigenvalue weighted by atomic mass is 9.88. The number of hydrogen-bond donors (Lipinski definition) is 3. The number of aliphatic hydroxyl groups excluding tert-OH is 1. The molecule has 24 heavy (non-hydrogen) atoms. The molecule has 0 atom stereocenters. The number of aromatic nitrogens is 3. The van der Waals surface area contributed by atoms with Crippen molar-refractivity contribution < 1.29 is 9.90 Å². The van der Waals surface area contributed by atoms with Crippen LogP contribution in [0.2, 0.25) is 0 Å². The van der Waals surface area contributed by atoms with Crippen LogP contribution in [-0.2, 0) is 0 Å². The molecule has 2 saturated carbocycles. The van der Waals surface area contributed by atoms with E-state index in [9.17, 15) is 4.79 Å². The Morgan fingerprint density at radius 3 is 2.54 bits per heavy atom. The molecule has 1 heterocycles. The van der Waals surface area contributed by atoms with Gasteiger partial charge in [-0.3, -0.25) is 4.79 Å². The Morgan fingerprint density at radius 2 is 1.83 bits per heavy atom. The summed E-state index contributed by atoms with van der Waals surface area (Å²) in [7, 11) is 0. The molecule has 7 nitrogen and oxygen atoms in total. The summed E-state index contributed by atoms with van der Waals surface area (Å²) in [6.07, 6.45) is 13.0. The number of hydrogen-bond acceptors (Lipinski definition) is 5. The molecular weight excluding hydrogens is 306 g/mol. The van der Waals surface area contributed by atoms with Crippen LogP contribution in [0.25, 0.3) is 0 Å². The molecule has 1 aromatic rings. The van der Waals surface area contributed by atoms with Crippen LogP contribution in [0.3, 0.4) is 0 Å². The molecule has 0 aromatic carbocycles. The molecule has 1 aromatic heterocycles. The summed E-state index contributed by atoms with van der Waals surface area (Å²) in [6, 6.07) is 1.68. The number of carbonyl (C=O) groups excluding carboxylic acids is 1. The maximum atomic E-state index is 11.8. The lowest BCUT2D eigenvalue weighted by molar-refractivity contribution is 0.0939. The highest BCUT2D eigenvalue weighted by molar-refractivity contribution is 5.91. The maximum absolute atomic E-state index is 11.8. The zero-order valence-electron chi connectivity index (χ0n) is 14.3. The van der Waals surface area contributed by atoms with Gasteiger partial charge in [-0.25, -0.2) is 4.68 Å². The Balaban J connectivity index is 1.46. The number of aliphatic hydroxyl groups is 1.